The van der Waals surface area contributed by atoms with Crippen molar-refractivity contribution in [1.29, 1.82) is 0 Å². The van der Waals surface area contributed by atoms with Gasteiger partial charge in [-0.3, -0.25) is 4.79 Å². The van der Waals surface area contributed by atoms with E-state index >= 15 is 0 Å². The van der Waals surface area contributed by atoms with Crippen LogP contribution in [-0.4, -0.2) is 15.7 Å². The summed E-state index contributed by atoms with van der Waals surface area (Å²) in [6.45, 7) is 0. The normalized spacial score (nSPS) is 10.1. The maximum absolute atomic E-state index is 11.0. The second-order valence-electron chi connectivity index (χ2n) is 2.96. The largest absolute Gasteiger partial charge is 0.619 e. The van der Waals surface area contributed by atoms with E-state index in [1.165, 1.54) is 29.5 Å². The van der Waals surface area contributed by atoms with Crippen molar-refractivity contribution in [2.75, 3.05) is 0 Å². The minimum atomic E-state index is -0.549. The van der Waals surface area contributed by atoms with Gasteiger partial charge in [0.2, 0.25) is 6.20 Å². The first-order chi connectivity index (χ1) is 7.16. The summed E-state index contributed by atoms with van der Waals surface area (Å²) in [5, 5.41) is 14.9. The number of pyridine rings is 1. The molecule has 0 spiro atoms. The third kappa shape index (κ3) is 1.78. The smallest absolute Gasteiger partial charge is 0.251 e. The van der Waals surface area contributed by atoms with Gasteiger partial charge in [0.15, 0.2) is 6.20 Å². The molecule has 0 saturated carbocycles. The average molecular weight is 204 g/mol. The molecule has 0 bridgehead atoms. The van der Waals surface area contributed by atoms with Gasteiger partial charge >= 0.3 is 0 Å². The molecule has 2 aromatic heterocycles. The average Bonchev–Trinajstić information content (AvgIpc) is 2.66. The van der Waals surface area contributed by atoms with E-state index in [0.29, 0.717) is 16.0 Å². The molecular weight excluding hydrogens is 196 g/mol. The lowest BCUT2D eigenvalue weighted by atomic mass is 10.3. The fourth-order valence-corrected chi connectivity index (χ4v) is 1.17. The highest BCUT2D eigenvalue weighted by Crippen LogP contribution is 2.04. The number of hydrogen-bond donors (Lipinski definition) is 1. The summed E-state index contributed by atoms with van der Waals surface area (Å²) in [7, 11) is 0. The molecule has 0 radical (unpaired) electrons. The first kappa shape index (κ1) is 9.20. The highest BCUT2D eigenvalue weighted by molar-refractivity contribution is 5.92. The Bertz CT molecular complexity index is 506. The molecule has 1 amide bonds. The van der Waals surface area contributed by atoms with E-state index in [2.05, 4.69) is 5.10 Å². The van der Waals surface area contributed by atoms with E-state index in [9.17, 15) is 10.0 Å². The Kier molecular flexibility index (Phi) is 2.09. The van der Waals surface area contributed by atoms with E-state index in [1.54, 1.807) is 12.1 Å². The van der Waals surface area contributed by atoms with E-state index in [-0.39, 0.29) is 0 Å². The van der Waals surface area contributed by atoms with Gasteiger partial charge in [0.05, 0.1) is 11.8 Å². The molecule has 0 aliphatic carbocycles. The quantitative estimate of drug-likeness (QED) is 0.533. The maximum Gasteiger partial charge on any atom is 0.251 e. The minimum Gasteiger partial charge on any atom is -0.619 e. The summed E-state index contributed by atoms with van der Waals surface area (Å²) in [5.41, 5.74) is 5.95. The Hall–Kier alpha value is -2.37. The monoisotopic (exact) mass is 204 g/mol. The topological polar surface area (TPSA) is 87.9 Å². The van der Waals surface area contributed by atoms with Crippen LogP contribution in [0.3, 0.4) is 0 Å². The Balaban J connectivity index is 2.41. The summed E-state index contributed by atoms with van der Waals surface area (Å²) in [5.74, 6) is -0.549. The summed E-state index contributed by atoms with van der Waals surface area (Å²) in [6.07, 6.45) is 5.53. The number of hydrogen-bond acceptors (Lipinski definition) is 3. The van der Waals surface area contributed by atoms with E-state index in [1.807, 2.05) is 0 Å². The molecule has 0 aliphatic rings. The first-order valence-corrected chi connectivity index (χ1v) is 4.20. The van der Waals surface area contributed by atoms with Crippen LogP contribution >= 0.6 is 0 Å². The second kappa shape index (κ2) is 3.41. The maximum atomic E-state index is 11.0. The van der Waals surface area contributed by atoms with Crippen LogP contribution in [0.2, 0.25) is 0 Å². The highest BCUT2D eigenvalue weighted by Gasteiger charge is 2.06. The SMILES string of the molecule is NC(=O)c1cnn(-c2ccc[n+]([O-])c2)c1. The molecule has 0 aromatic carbocycles. The zero-order valence-corrected chi connectivity index (χ0v) is 7.70. The standard InChI is InChI=1S/C9H8N4O2/c10-9(14)7-4-11-13(5-7)8-2-1-3-12(15)6-8/h1-6H,(H2,10,14). The van der Waals surface area contributed by atoms with Gasteiger partial charge in [-0.05, 0) is 6.07 Å². The van der Waals surface area contributed by atoms with Crippen molar-refractivity contribution in [2.45, 2.75) is 0 Å². The lowest BCUT2D eigenvalue weighted by Crippen LogP contribution is -2.25. The van der Waals surface area contributed by atoms with Gasteiger partial charge in [-0.1, -0.05) is 0 Å². The molecule has 76 valence electrons. The number of rotatable bonds is 2. The lowest BCUT2D eigenvalue weighted by Gasteiger charge is -1.99. The number of nitrogens with two attached hydrogens (primary N) is 1. The predicted molar refractivity (Wildman–Crippen MR) is 51.0 cm³/mol. The molecule has 15 heavy (non-hydrogen) atoms. The van der Waals surface area contributed by atoms with Crippen LogP contribution in [0.1, 0.15) is 10.4 Å². The van der Waals surface area contributed by atoms with Crippen LogP contribution in [0.5, 0.6) is 0 Å². The molecule has 6 nitrogen and oxygen atoms in total. The second-order valence-corrected chi connectivity index (χ2v) is 2.96. The Morgan fingerprint density at radius 2 is 2.40 bits per heavy atom. The molecule has 0 aliphatic heterocycles. The lowest BCUT2D eigenvalue weighted by molar-refractivity contribution is -0.605. The molecular formula is C9H8N4O2. The van der Waals surface area contributed by atoms with E-state index in [0.717, 1.165) is 0 Å². The van der Waals surface area contributed by atoms with Gasteiger partial charge < -0.3 is 10.9 Å². The van der Waals surface area contributed by atoms with Crippen LogP contribution in [0.15, 0.2) is 36.9 Å². The Morgan fingerprint density at radius 3 is 3.00 bits per heavy atom. The van der Waals surface area contributed by atoms with E-state index in [4.69, 9.17) is 5.73 Å². The third-order valence-electron chi connectivity index (χ3n) is 1.89. The van der Waals surface area contributed by atoms with Gasteiger partial charge in [-0.15, -0.1) is 0 Å². The predicted octanol–water partition coefficient (Wildman–Crippen LogP) is -0.395. The van der Waals surface area contributed by atoms with Gasteiger partial charge in [0, 0.05) is 12.3 Å². The van der Waals surface area contributed by atoms with Crippen LogP contribution in [-0.2, 0) is 0 Å². The molecule has 2 N–H and O–H groups in total. The van der Waals surface area contributed by atoms with Crippen molar-refractivity contribution in [3.63, 3.8) is 0 Å². The van der Waals surface area contributed by atoms with Crippen molar-refractivity contribution >= 4 is 5.91 Å². The van der Waals surface area contributed by atoms with Crippen LogP contribution in [0.4, 0.5) is 0 Å². The Labute approximate surface area is 85.1 Å². The molecule has 0 unspecified atom stereocenters. The van der Waals surface area contributed by atoms with Gasteiger partial charge in [-0.25, -0.2) is 4.68 Å². The summed E-state index contributed by atoms with van der Waals surface area (Å²) >= 11 is 0. The molecule has 6 heteroatoms. The van der Waals surface area contributed by atoms with Crippen LogP contribution in [0, 0.1) is 5.21 Å². The fourth-order valence-electron chi connectivity index (χ4n) is 1.17. The summed E-state index contributed by atoms with van der Waals surface area (Å²) in [6, 6.07) is 3.29. The van der Waals surface area contributed by atoms with Crippen molar-refractivity contribution in [2.24, 2.45) is 5.73 Å². The zero-order valence-electron chi connectivity index (χ0n) is 7.70. The molecule has 0 atom stereocenters. The minimum absolute atomic E-state index is 0.302. The van der Waals surface area contributed by atoms with Crippen LogP contribution in [0.25, 0.3) is 5.69 Å². The van der Waals surface area contributed by atoms with Crippen molar-refractivity contribution in [3.8, 4) is 5.69 Å². The highest BCUT2D eigenvalue weighted by atomic mass is 16.5. The molecule has 2 rings (SSSR count). The molecule has 2 heterocycles. The number of carbonyl (C=O) groups is 1. The first-order valence-electron chi connectivity index (χ1n) is 4.20. The van der Waals surface area contributed by atoms with Gasteiger partial charge in [0.25, 0.3) is 5.91 Å². The van der Waals surface area contributed by atoms with E-state index < -0.39 is 5.91 Å². The number of nitrogens with zero attached hydrogens (tertiary/aromatic N) is 3. The number of aromatic nitrogens is 3. The number of primary amides is 1. The molecule has 0 saturated heterocycles. The Morgan fingerprint density at radius 1 is 1.60 bits per heavy atom. The van der Waals surface area contributed by atoms with Crippen molar-refractivity contribution < 1.29 is 9.52 Å². The van der Waals surface area contributed by atoms with Crippen molar-refractivity contribution in [3.05, 3.63) is 47.7 Å². The fraction of sp³-hybridized carbons (Fsp3) is 0. The van der Waals surface area contributed by atoms with Gasteiger partial charge in [-0.2, -0.15) is 9.83 Å². The number of carbonyl (C=O) groups excluding carboxylic acids is 1. The summed E-state index contributed by atoms with van der Waals surface area (Å²) < 4.78 is 2.06. The van der Waals surface area contributed by atoms with Gasteiger partial charge in [0.1, 0.15) is 5.69 Å². The third-order valence-corrected chi connectivity index (χ3v) is 1.89. The van der Waals surface area contributed by atoms with Crippen molar-refractivity contribution in [1.82, 2.24) is 9.78 Å². The van der Waals surface area contributed by atoms with Crippen LogP contribution < -0.4 is 10.5 Å². The molecule has 0 fully saturated rings. The summed E-state index contributed by atoms with van der Waals surface area (Å²) in [4.78, 5) is 10.8. The molecule has 2 aromatic rings. The number of amides is 1. The zero-order chi connectivity index (χ0) is 10.8.